The minimum Gasteiger partial charge on any atom is -0.481 e. The first-order chi connectivity index (χ1) is 20.7. The van der Waals surface area contributed by atoms with Crippen molar-refractivity contribution in [1.29, 1.82) is 0 Å². The number of allylic oxidation sites excluding steroid dienone is 2. The van der Waals surface area contributed by atoms with E-state index in [4.69, 9.17) is 24.2 Å². The molecule has 0 radical (unpaired) electrons. The van der Waals surface area contributed by atoms with Gasteiger partial charge in [0.25, 0.3) is 5.97 Å². The van der Waals surface area contributed by atoms with Gasteiger partial charge in [0.2, 0.25) is 0 Å². The highest BCUT2D eigenvalue weighted by atomic mass is 16.6. The molecule has 0 aromatic rings. The maximum absolute atomic E-state index is 14.2. The van der Waals surface area contributed by atoms with Crippen molar-refractivity contribution in [2.75, 3.05) is 7.11 Å². The number of ketones is 1. The lowest BCUT2D eigenvalue weighted by molar-refractivity contribution is -0.155. The molecule has 6 fully saturated rings. The number of carboxylic acids is 2. The number of Topliss-reactive ketones (excluding diaryl/α,β-unsaturated/α-hetero) is 1. The van der Waals surface area contributed by atoms with E-state index >= 15 is 0 Å². The third kappa shape index (κ3) is 5.21. The number of carbonyl (C=O) groups excluding carboxylic acids is 3. The number of methoxy groups -OCH3 is 1. The maximum atomic E-state index is 14.2. The molecule has 5 saturated carbocycles. The Morgan fingerprint density at radius 1 is 1.02 bits per heavy atom. The van der Waals surface area contributed by atoms with Gasteiger partial charge in [-0.3, -0.25) is 9.59 Å². The minimum atomic E-state index is -0.959. The third-order valence-corrected chi connectivity index (χ3v) is 11.7. The number of hydrogen-bond acceptors (Lipinski definition) is 7. The second-order valence-electron chi connectivity index (χ2n) is 13.4. The Kier molecular flexibility index (Phi) is 9.60. The van der Waals surface area contributed by atoms with E-state index in [2.05, 4.69) is 26.3 Å². The van der Waals surface area contributed by atoms with Crippen LogP contribution in [0.2, 0.25) is 0 Å². The van der Waals surface area contributed by atoms with Crippen LogP contribution in [0.5, 0.6) is 0 Å². The SMILES string of the molecule is C=C(C(=O)O)C1CCC(=C)[C@@H]2CC(=O)[C@]3(CC[C@]4(OC)C5C(CC43)C(=C)CCC3C(=C)C(=O)O[C@@H]35)C2C1.CC(=O)O.CC=O.[HH].[HH].[HH].[HH]. The van der Waals surface area contributed by atoms with E-state index in [0.29, 0.717) is 31.3 Å². The number of aldehydes is 1. The lowest BCUT2D eigenvalue weighted by Gasteiger charge is -2.43. The predicted octanol–water partition coefficient (Wildman–Crippen LogP) is 6.33. The molecule has 1 saturated heterocycles. The molecule has 0 bridgehead atoms. The first-order valence-corrected chi connectivity index (χ1v) is 15.6. The Hall–Kier alpha value is -3.33. The molecule has 1 aliphatic heterocycles. The van der Waals surface area contributed by atoms with Crippen LogP contribution in [0.1, 0.15) is 77.3 Å². The van der Waals surface area contributed by atoms with Crippen molar-refractivity contribution in [3.05, 3.63) is 48.6 Å². The number of fused-ring (bicyclic) bond motifs is 8. The lowest BCUT2D eigenvalue weighted by atomic mass is 9.63. The summed E-state index contributed by atoms with van der Waals surface area (Å²) >= 11 is 0. The van der Waals surface area contributed by atoms with Gasteiger partial charge in [0.15, 0.2) is 0 Å². The highest BCUT2D eigenvalue weighted by Gasteiger charge is 2.75. The summed E-state index contributed by atoms with van der Waals surface area (Å²) in [4.78, 5) is 56.5. The van der Waals surface area contributed by atoms with Crippen molar-refractivity contribution in [3.8, 4) is 0 Å². The highest BCUT2D eigenvalue weighted by molar-refractivity contribution is 5.91. The molecule has 10 atom stereocenters. The minimum absolute atomic E-state index is 0. The lowest BCUT2D eigenvalue weighted by Crippen LogP contribution is -2.50. The summed E-state index contributed by atoms with van der Waals surface area (Å²) in [5.74, 6) is -1.94. The topological polar surface area (TPSA) is 144 Å². The summed E-state index contributed by atoms with van der Waals surface area (Å²) in [7, 11) is 1.75. The largest absolute Gasteiger partial charge is 0.481 e. The van der Waals surface area contributed by atoms with Crippen molar-refractivity contribution >= 4 is 30.0 Å². The monoisotopic (exact) mass is 618 g/mol. The highest BCUT2D eigenvalue weighted by Crippen LogP contribution is 2.73. The Morgan fingerprint density at radius 3 is 2.20 bits per heavy atom. The van der Waals surface area contributed by atoms with Gasteiger partial charge < -0.3 is 24.5 Å². The molecule has 1 heterocycles. The van der Waals surface area contributed by atoms with Crippen LogP contribution < -0.4 is 0 Å². The van der Waals surface area contributed by atoms with E-state index in [1.807, 2.05) is 0 Å². The Morgan fingerprint density at radius 2 is 1.61 bits per heavy atom. The summed E-state index contributed by atoms with van der Waals surface area (Å²) in [5.41, 5.74) is 1.84. The maximum Gasteiger partial charge on any atom is 0.334 e. The number of aliphatic carboxylic acids is 2. The summed E-state index contributed by atoms with van der Waals surface area (Å²) in [6, 6.07) is 0. The van der Waals surface area contributed by atoms with Crippen LogP contribution in [-0.2, 0) is 33.4 Å². The van der Waals surface area contributed by atoms with Crippen LogP contribution in [0.4, 0.5) is 0 Å². The predicted molar refractivity (Wildman–Crippen MR) is 171 cm³/mol. The third-order valence-electron chi connectivity index (χ3n) is 11.7. The van der Waals surface area contributed by atoms with Crippen LogP contribution in [0, 0.1) is 46.8 Å². The van der Waals surface area contributed by atoms with Crippen molar-refractivity contribution in [1.82, 2.24) is 0 Å². The second-order valence-corrected chi connectivity index (χ2v) is 13.4. The van der Waals surface area contributed by atoms with Gasteiger partial charge in [-0.25, -0.2) is 9.59 Å². The average Bonchev–Trinajstić information content (AvgIpc) is 3.58. The van der Waals surface area contributed by atoms with Crippen LogP contribution in [0.15, 0.2) is 48.6 Å². The van der Waals surface area contributed by atoms with Crippen LogP contribution in [0.3, 0.4) is 0 Å². The molecule has 0 aromatic carbocycles. The number of hydrogen-bond donors (Lipinski definition) is 2. The van der Waals surface area contributed by atoms with E-state index in [9.17, 15) is 19.5 Å². The van der Waals surface area contributed by atoms with Gasteiger partial charge >= 0.3 is 11.9 Å². The summed E-state index contributed by atoms with van der Waals surface area (Å²) in [6.07, 6.45) is 6.85. The summed E-state index contributed by atoms with van der Waals surface area (Å²) in [5, 5.41) is 17.1. The number of carboxylic acid groups (broad SMARTS) is 2. The van der Waals surface area contributed by atoms with Crippen molar-refractivity contribution in [2.45, 2.75) is 83.3 Å². The molecule has 6 rings (SSSR count). The quantitative estimate of drug-likeness (QED) is 0.160. The summed E-state index contributed by atoms with van der Waals surface area (Å²) in [6.45, 7) is 19.4. The first-order valence-electron chi connectivity index (χ1n) is 15.6. The van der Waals surface area contributed by atoms with Gasteiger partial charge in [-0.05, 0) is 82.0 Å². The van der Waals surface area contributed by atoms with Crippen LogP contribution in [0.25, 0.3) is 0 Å². The molecule has 9 nitrogen and oxygen atoms in total. The smallest absolute Gasteiger partial charge is 0.334 e. The van der Waals surface area contributed by atoms with Crippen LogP contribution in [-0.4, -0.2) is 59.0 Å². The molecule has 248 valence electrons. The molecule has 9 heteroatoms. The molecule has 44 heavy (non-hydrogen) atoms. The van der Waals surface area contributed by atoms with Gasteiger partial charge in [-0.2, -0.15) is 0 Å². The number of rotatable bonds is 3. The number of ether oxygens (including phenoxy) is 2. The number of carbonyl (C=O) groups is 5. The fourth-order valence-corrected chi connectivity index (χ4v) is 10.0. The molecule has 2 N–H and O–H groups in total. The molecular weight excluding hydrogens is 564 g/mol. The van der Waals surface area contributed by atoms with Crippen molar-refractivity contribution in [2.24, 2.45) is 46.8 Å². The van der Waals surface area contributed by atoms with Gasteiger partial charge in [-0.15, -0.1) is 0 Å². The molecule has 1 spiro atoms. The van der Waals surface area contributed by atoms with E-state index < -0.39 is 23.0 Å². The fraction of sp³-hybridized carbons (Fsp3) is 0.629. The molecule has 5 aliphatic carbocycles. The normalized spacial score (nSPS) is 40.1. The molecule has 6 aliphatic rings. The van der Waals surface area contributed by atoms with E-state index in [1.54, 1.807) is 7.11 Å². The Balaban J connectivity index is 0.00000185. The zero-order valence-electron chi connectivity index (χ0n) is 26.1. The standard InChI is InChI=1S/C31H38O6.C2H4O2.C2H4O.4H2/c1-15-6-8-19(17(3)28(33)34)12-23-21(15)14-25(32)30(23)10-11-31(36-5)24(30)13-22-16(2)7-9-20-18(4)29(35)37-27(20)26(22)31;1-2(3)4;1-2-3;;;;/h19-24,26-27H,1-4,6-14H2,5H3,(H,33,34);1H3,(H,3,4);2H,1H3;4*1H/t19?,20?,21-,22?,23?,24?,26?,27-,30+,31+;;;;;;/m0....../s1. The van der Waals surface area contributed by atoms with Gasteiger partial charge in [0, 0.05) is 60.5 Å². The van der Waals surface area contributed by atoms with E-state index in [1.165, 1.54) is 6.92 Å². The van der Waals surface area contributed by atoms with E-state index in [0.717, 1.165) is 56.5 Å². The summed E-state index contributed by atoms with van der Waals surface area (Å²) < 4.78 is 12.5. The second kappa shape index (κ2) is 12.6. The van der Waals surface area contributed by atoms with Gasteiger partial charge in [0.05, 0.1) is 5.60 Å². The Labute approximate surface area is 265 Å². The first kappa shape index (κ1) is 33.6. The Bertz CT molecular complexity index is 1310. The molecular formula is C35H54O9. The van der Waals surface area contributed by atoms with E-state index in [-0.39, 0.29) is 70.6 Å². The zero-order valence-corrected chi connectivity index (χ0v) is 26.1. The molecule has 6 unspecified atom stereocenters. The zero-order chi connectivity index (χ0) is 32.7. The number of esters is 1. The van der Waals surface area contributed by atoms with Gasteiger partial charge in [0.1, 0.15) is 18.2 Å². The van der Waals surface area contributed by atoms with Gasteiger partial charge in [-0.1, -0.05) is 37.5 Å². The van der Waals surface area contributed by atoms with Crippen molar-refractivity contribution < 1.29 is 49.4 Å². The molecule has 0 aromatic heterocycles. The molecule has 0 amide bonds. The fourth-order valence-electron chi connectivity index (χ4n) is 10.0. The van der Waals surface area contributed by atoms with Crippen molar-refractivity contribution in [3.63, 3.8) is 0 Å². The average molecular weight is 619 g/mol. The van der Waals surface area contributed by atoms with Crippen LogP contribution >= 0.6 is 0 Å².